The van der Waals surface area contributed by atoms with Gasteiger partial charge in [-0.1, -0.05) is 20.8 Å². The predicted octanol–water partition coefficient (Wildman–Crippen LogP) is 2.52. The molecule has 0 spiro atoms. The van der Waals surface area contributed by atoms with Crippen LogP contribution in [0.1, 0.15) is 52.9 Å². The second-order valence-electron chi connectivity index (χ2n) is 5.23. The number of nitrogens with zero attached hydrogens (tertiary/aromatic N) is 1. The maximum Gasteiger partial charge on any atom is 0.326 e. The molecule has 2 aliphatic rings. The van der Waals surface area contributed by atoms with E-state index in [9.17, 15) is 9.59 Å². The van der Waals surface area contributed by atoms with Gasteiger partial charge < -0.3 is 10.0 Å². The molecule has 1 amide bonds. The van der Waals surface area contributed by atoms with Crippen LogP contribution in [0.15, 0.2) is 0 Å². The van der Waals surface area contributed by atoms with Gasteiger partial charge in [-0.15, -0.1) is 0 Å². The van der Waals surface area contributed by atoms with Crippen molar-refractivity contribution in [1.82, 2.24) is 4.90 Å². The van der Waals surface area contributed by atoms with E-state index in [0.29, 0.717) is 31.2 Å². The van der Waals surface area contributed by atoms with Crippen LogP contribution < -0.4 is 0 Å². The van der Waals surface area contributed by atoms with Gasteiger partial charge in [-0.2, -0.15) is 0 Å². The van der Waals surface area contributed by atoms with Gasteiger partial charge in [0.15, 0.2) is 0 Å². The molecule has 4 nitrogen and oxygen atoms in total. The SMILES string of the molecule is CC.CC1CCC(C(=O)O)N(C(=O)CC2CC2)C1. The second-order valence-corrected chi connectivity index (χ2v) is 5.23. The highest BCUT2D eigenvalue weighted by atomic mass is 16.4. The number of carbonyl (C=O) groups is 2. The van der Waals surface area contributed by atoms with Crippen LogP contribution in [0.2, 0.25) is 0 Å². The Bertz CT molecular complexity index is 299. The number of amides is 1. The molecule has 2 atom stereocenters. The van der Waals surface area contributed by atoms with E-state index < -0.39 is 12.0 Å². The molecule has 0 aromatic rings. The third-order valence-electron chi connectivity index (χ3n) is 3.58. The van der Waals surface area contributed by atoms with E-state index in [1.807, 2.05) is 13.8 Å². The first-order chi connectivity index (χ1) is 8.58. The summed E-state index contributed by atoms with van der Waals surface area (Å²) in [4.78, 5) is 24.6. The molecular weight excluding hydrogens is 230 g/mol. The number of hydrogen-bond donors (Lipinski definition) is 1. The van der Waals surface area contributed by atoms with Gasteiger partial charge in [0.1, 0.15) is 6.04 Å². The van der Waals surface area contributed by atoms with Crippen molar-refractivity contribution in [3.8, 4) is 0 Å². The van der Waals surface area contributed by atoms with Crippen LogP contribution in [0.4, 0.5) is 0 Å². The lowest BCUT2D eigenvalue weighted by Gasteiger charge is -2.36. The number of rotatable bonds is 3. The van der Waals surface area contributed by atoms with E-state index in [1.165, 1.54) is 0 Å². The Balaban J connectivity index is 0.000000771. The lowest BCUT2D eigenvalue weighted by atomic mass is 9.93. The molecule has 1 saturated heterocycles. The molecule has 1 aliphatic heterocycles. The van der Waals surface area contributed by atoms with Gasteiger partial charge in [-0.25, -0.2) is 4.79 Å². The summed E-state index contributed by atoms with van der Waals surface area (Å²) in [5.41, 5.74) is 0. The Labute approximate surface area is 109 Å². The Hall–Kier alpha value is -1.06. The van der Waals surface area contributed by atoms with Crippen molar-refractivity contribution in [3.63, 3.8) is 0 Å². The van der Waals surface area contributed by atoms with Crippen molar-refractivity contribution in [1.29, 1.82) is 0 Å². The normalized spacial score (nSPS) is 27.2. The van der Waals surface area contributed by atoms with Crippen molar-refractivity contribution in [2.45, 2.75) is 58.9 Å². The topological polar surface area (TPSA) is 57.6 Å². The molecule has 4 heteroatoms. The molecule has 1 heterocycles. The van der Waals surface area contributed by atoms with Crippen molar-refractivity contribution in [2.24, 2.45) is 11.8 Å². The molecule has 0 bridgehead atoms. The van der Waals surface area contributed by atoms with Crippen LogP contribution in [0, 0.1) is 11.8 Å². The Morgan fingerprint density at radius 2 is 1.78 bits per heavy atom. The molecule has 1 aliphatic carbocycles. The lowest BCUT2D eigenvalue weighted by Crippen LogP contribution is -2.50. The van der Waals surface area contributed by atoms with Crippen LogP contribution >= 0.6 is 0 Å². The van der Waals surface area contributed by atoms with Gasteiger partial charge >= 0.3 is 5.97 Å². The smallest absolute Gasteiger partial charge is 0.326 e. The zero-order chi connectivity index (χ0) is 13.7. The quantitative estimate of drug-likeness (QED) is 0.843. The summed E-state index contributed by atoms with van der Waals surface area (Å²) < 4.78 is 0. The number of aliphatic carboxylic acids is 1. The average molecular weight is 255 g/mol. The second kappa shape index (κ2) is 6.76. The van der Waals surface area contributed by atoms with E-state index in [0.717, 1.165) is 19.3 Å². The van der Waals surface area contributed by atoms with E-state index in [2.05, 4.69) is 6.92 Å². The summed E-state index contributed by atoms with van der Waals surface area (Å²) in [6.45, 7) is 6.69. The molecule has 1 saturated carbocycles. The summed E-state index contributed by atoms with van der Waals surface area (Å²) >= 11 is 0. The van der Waals surface area contributed by atoms with E-state index in [1.54, 1.807) is 4.90 Å². The largest absolute Gasteiger partial charge is 0.480 e. The first-order valence-corrected chi connectivity index (χ1v) is 7.10. The number of piperidine rings is 1. The number of carbonyl (C=O) groups excluding carboxylic acids is 1. The van der Waals surface area contributed by atoms with E-state index in [-0.39, 0.29) is 5.91 Å². The average Bonchev–Trinajstić information content (AvgIpc) is 3.15. The minimum absolute atomic E-state index is 0.0430. The summed E-state index contributed by atoms with van der Waals surface area (Å²) in [5.74, 6) is 0.149. The maximum atomic E-state index is 12.0. The molecule has 2 rings (SSSR count). The molecule has 2 unspecified atom stereocenters. The molecule has 0 radical (unpaired) electrons. The summed E-state index contributed by atoms with van der Waals surface area (Å²) in [5, 5.41) is 9.10. The van der Waals surface area contributed by atoms with Crippen molar-refractivity contribution >= 4 is 11.9 Å². The van der Waals surface area contributed by atoms with E-state index >= 15 is 0 Å². The molecular formula is C14H25NO3. The lowest BCUT2D eigenvalue weighted by molar-refractivity contribution is -0.153. The fraction of sp³-hybridized carbons (Fsp3) is 0.857. The molecule has 0 aromatic carbocycles. The first-order valence-electron chi connectivity index (χ1n) is 7.10. The van der Waals surface area contributed by atoms with Gasteiger partial charge in [0.2, 0.25) is 5.91 Å². The van der Waals surface area contributed by atoms with Crippen LogP contribution in [0.3, 0.4) is 0 Å². The molecule has 104 valence electrons. The number of carboxylic acid groups (broad SMARTS) is 1. The molecule has 18 heavy (non-hydrogen) atoms. The highest BCUT2D eigenvalue weighted by molar-refractivity contribution is 5.84. The van der Waals surface area contributed by atoms with E-state index in [4.69, 9.17) is 5.11 Å². The Morgan fingerprint density at radius 1 is 1.17 bits per heavy atom. The van der Waals surface area contributed by atoms with Crippen LogP contribution in [0.5, 0.6) is 0 Å². The van der Waals surface area contributed by atoms with Gasteiger partial charge in [0, 0.05) is 13.0 Å². The molecule has 0 aromatic heterocycles. The molecule has 2 fully saturated rings. The first kappa shape index (κ1) is 15.0. The van der Waals surface area contributed by atoms with Gasteiger partial charge in [0.05, 0.1) is 0 Å². The number of hydrogen-bond acceptors (Lipinski definition) is 2. The zero-order valence-electron chi connectivity index (χ0n) is 11.7. The highest BCUT2D eigenvalue weighted by Crippen LogP contribution is 2.34. The monoisotopic (exact) mass is 255 g/mol. The number of likely N-dealkylation sites (tertiary alicyclic amines) is 1. The highest BCUT2D eigenvalue weighted by Gasteiger charge is 2.36. The minimum Gasteiger partial charge on any atom is -0.480 e. The van der Waals surface area contributed by atoms with Gasteiger partial charge in [-0.05, 0) is 37.5 Å². The van der Waals surface area contributed by atoms with Crippen molar-refractivity contribution in [2.75, 3.05) is 6.54 Å². The Morgan fingerprint density at radius 3 is 2.28 bits per heavy atom. The van der Waals surface area contributed by atoms with Gasteiger partial charge in [-0.3, -0.25) is 4.79 Å². The van der Waals surface area contributed by atoms with Crippen LogP contribution in [-0.2, 0) is 9.59 Å². The Kier molecular flexibility index (Phi) is 5.63. The maximum absolute atomic E-state index is 12.0. The summed E-state index contributed by atoms with van der Waals surface area (Å²) in [6.07, 6.45) is 4.33. The van der Waals surface area contributed by atoms with Gasteiger partial charge in [0.25, 0.3) is 0 Å². The fourth-order valence-corrected chi connectivity index (χ4v) is 2.37. The minimum atomic E-state index is -0.851. The fourth-order valence-electron chi connectivity index (χ4n) is 2.37. The standard InChI is InChI=1S/C12H19NO3.C2H6/c1-8-2-5-10(12(15)16)13(7-8)11(14)6-9-3-4-9;1-2/h8-10H,2-7H2,1H3,(H,15,16);1-2H3. The van der Waals surface area contributed by atoms with Crippen LogP contribution in [0.25, 0.3) is 0 Å². The third-order valence-corrected chi connectivity index (χ3v) is 3.58. The third kappa shape index (κ3) is 4.00. The zero-order valence-corrected chi connectivity index (χ0v) is 11.7. The summed E-state index contributed by atoms with van der Waals surface area (Å²) in [7, 11) is 0. The molecule has 1 N–H and O–H groups in total. The number of carboxylic acids is 1. The van der Waals surface area contributed by atoms with Crippen LogP contribution in [-0.4, -0.2) is 34.5 Å². The predicted molar refractivity (Wildman–Crippen MR) is 70.2 cm³/mol. The van der Waals surface area contributed by atoms with Crippen molar-refractivity contribution in [3.05, 3.63) is 0 Å². The summed E-state index contributed by atoms with van der Waals surface area (Å²) in [6, 6.07) is -0.581. The van der Waals surface area contributed by atoms with Crippen molar-refractivity contribution < 1.29 is 14.7 Å².